The van der Waals surface area contributed by atoms with E-state index in [0.29, 0.717) is 5.92 Å². The minimum atomic E-state index is 0.661. The summed E-state index contributed by atoms with van der Waals surface area (Å²) in [6.07, 6.45) is 2.57. The van der Waals surface area contributed by atoms with Crippen LogP contribution < -0.4 is 10.1 Å². The summed E-state index contributed by atoms with van der Waals surface area (Å²) in [6, 6.07) is 6.38. The van der Waals surface area contributed by atoms with Gasteiger partial charge in [0.1, 0.15) is 5.75 Å². The first-order valence-electron chi connectivity index (χ1n) is 5.66. The zero-order chi connectivity index (χ0) is 10.7. The van der Waals surface area contributed by atoms with Crippen molar-refractivity contribution >= 4 is 0 Å². The predicted octanol–water partition coefficient (Wildman–Crippen LogP) is 2.47. The zero-order valence-corrected chi connectivity index (χ0v) is 9.55. The average Bonchev–Trinajstić information content (AvgIpc) is 2.31. The molecule has 1 saturated heterocycles. The molecule has 0 bridgehead atoms. The molecule has 2 rings (SSSR count). The van der Waals surface area contributed by atoms with E-state index in [2.05, 4.69) is 24.4 Å². The van der Waals surface area contributed by atoms with Crippen LogP contribution in [0.15, 0.2) is 18.2 Å². The topological polar surface area (TPSA) is 21.3 Å². The summed E-state index contributed by atoms with van der Waals surface area (Å²) in [6.45, 7) is 4.46. The van der Waals surface area contributed by atoms with Gasteiger partial charge in [0.15, 0.2) is 0 Å². The first kappa shape index (κ1) is 10.5. The molecule has 82 valence electrons. The summed E-state index contributed by atoms with van der Waals surface area (Å²) in [5, 5.41) is 3.46. The van der Waals surface area contributed by atoms with Crippen LogP contribution in [0.4, 0.5) is 0 Å². The van der Waals surface area contributed by atoms with Gasteiger partial charge < -0.3 is 10.1 Å². The van der Waals surface area contributed by atoms with Crippen LogP contribution in [0.5, 0.6) is 5.75 Å². The number of hydrogen-bond donors (Lipinski definition) is 1. The third-order valence-electron chi connectivity index (χ3n) is 3.22. The van der Waals surface area contributed by atoms with Gasteiger partial charge >= 0.3 is 0 Å². The lowest BCUT2D eigenvalue weighted by atomic mass is 9.89. The first-order chi connectivity index (χ1) is 7.31. The fourth-order valence-corrected chi connectivity index (χ4v) is 2.30. The summed E-state index contributed by atoms with van der Waals surface area (Å²) in [4.78, 5) is 0. The first-order valence-corrected chi connectivity index (χ1v) is 5.66. The van der Waals surface area contributed by atoms with Crippen molar-refractivity contribution in [2.75, 3.05) is 20.2 Å². The number of piperidine rings is 1. The monoisotopic (exact) mass is 205 g/mol. The fourth-order valence-electron chi connectivity index (χ4n) is 2.30. The molecule has 1 aromatic carbocycles. The van der Waals surface area contributed by atoms with Gasteiger partial charge in [0, 0.05) is 6.54 Å². The predicted molar refractivity (Wildman–Crippen MR) is 62.6 cm³/mol. The molecule has 0 saturated carbocycles. The maximum atomic E-state index is 5.28. The van der Waals surface area contributed by atoms with Crippen LogP contribution in [0, 0.1) is 6.92 Å². The minimum absolute atomic E-state index is 0.661. The number of methoxy groups -OCH3 is 1. The van der Waals surface area contributed by atoms with Crippen molar-refractivity contribution in [1.29, 1.82) is 0 Å². The van der Waals surface area contributed by atoms with Crippen LogP contribution in [-0.2, 0) is 0 Å². The Bertz CT molecular complexity index is 329. The SMILES string of the molecule is COc1ccc(C)c(C2CCCNC2)c1. The van der Waals surface area contributed by atoms with Gasteiger partial charge in [-0.2, -0.15) is 0 Å². The van der Waals surface area contributed by atoms with Gasteiger partial charge in [-0.3, -0.25) is 0 Å². The Balaban J connectivity index is 2.24. The van der Waals surface area contributed by atoms with Crippen molar-refractivity contribution in [2.45, 2.75) is 25.7 Å². The van der Waals surface area contributed by atoms with Gasteiger partial charge in [0.05, 0.1) is 7.11 Å². The molecule has 1 aliphatic heterocycles. The van der Waals surface area contributed by atoms with Crippen LogP contribution in [-0.4, -0.2) is 20.2 Å². The van der Waals surface area contributed by atoms with Crippen LogP contribution in [0.25, 0.3) is 0 Å². The Morgan fingerprint density at radius 1 is 1.40 bits per heavy atom. The molecule has 0 aliphatic carbocycles. The molecule has 0 spiro atoms. The van der Waals surface area contributed by atoms with Crippen LogP contribution in [0.2, 0.25) is 0 Å². The molecule has 1 fully saturated rings. The van der Waals surface area contributed by atoms with Gasteiger partial charge in [0.25, 0.3) is 0 Å². The lowest BCUT2D eigenvalue weighted by molar-refractivity contribution is 0.411. The molecule has 0 aromatic heterocycles. The molecule has 1 aliphatic rings. The Labute approximate surface area is 91.6 Å². The van der Waals surface area contributed by atoms with E-state index in [4.69, 9.17) is 4.74 Å². The highest BCUT2D eigenvalue weighted by Gasteiger charge is 2.17. The van der Waals surface area contributed by atoms with Gasteiger partial charge in [-0.05, 0) is 55.5 Å². The third kappa shape index (κ3) is 2.32. The van der Waals surface area contributed by atoms with E-state index >= 15 is 0 Å². The second kappa shape index (κ2) is 4.67. The van der Waals surface area contributed by atoms with E-state index in [1.165, 1.54) is 30.5 Å². The van der Waals surface area contributed by atoms with Crippen molar-refractivity contribution in [3.63, 3.8) is 0 Å². The van der Waals surface area contributed by atoms with Crippen molar-refractivity contribution in [1.82, 2.24) is 5.32 Å². The van der Waals surface area contributed by atoms with E-state index in [9.17, 15) is 0 Å². The van der Waals surface area contributed by atoms with Gasteiger partial charge in [-0.15, -0.1) is 0 Å². The lowest BCUT2D eigenvalue weighted by Gasteiger charge is -2.24. The number of hydrogen-bond acceptors (Lipinski definition) is 2. The van der Waals surface area contributed by atoms with E-state index < -0.39 is 0 Å². The van der Waals surface area contributed by atoms with Crippen LogP contribution in [0.3, 0.4) is 0 Å². The normalized spacial score (nSPS) is 21.3. The molecule has 15 heavy (non-hydrogen) atoms. The highest BCUT2D eigenvalue weighted by Crippen LogP contribution is 2.28. The molecule has 1 aromatic rings. The average molecular weight is 205 g/mol. The lowest BCUT2D eigenvalue weighted by Crippen LogP contribution is -2.28. The molecule has 2 nitrogen and oxygen atoms in total. The second-order valence-electron chi connectivity index (χ2n) is 4.27. The molecular formula is C13H19NO. The minimum Gasteiger partial charge on any atom is -0.497 e. The summed E-state index contributed by atoms with van der Waals surface area (Å²) >= 11 is 0. The number of benzene rings is 1. The Hall–Kier alpha value is -1.02. The number of ether oxygens (including phenoxy) is 1. The summed E-state index contributed by atoms with van der Waals surface area (Å²) < 4.78 is 5.28. The van der Waals surface area contributed by atoms with Crippen molar-refractivity contribution < 1.29 is 4.74 Å². The van der Waals surface area contributed by atoms with Crippen molar-refractivity contribution in [3.8, 4) is 5.75 Å². The third-order valence-corrected chi connectivity index (χ3v) is 3.22. The van der Waals surface area contributed by atoms with Crippen molar-refractivity contribution in [2.24, 2.45) is 0 Å². The molecular weight excluding hydrogens is 186 g/mol. The Morgan fingerprint density at radius 2 is 2.27 bits per heavy atom. The molecule has 1 atom stereocenters. The molecule has 1 unspecified atom stereocenters. The molecule has 0 radical (unpaired) electrons. The number of rotatable bonds is 2. The molecule has 1 N–H and O–H groups in total. The summed E-state index contributed by atoms with van der Waals surface area (Å²) in [7, 11) is 1.73. The highest BCUT2D eigenvalue weighted by molar-refractivity contribution is 5.37. The molecule has 2 heteroatoms. The smallest absolute Gasteiger partial charge is 0.119 e. The molecule has 1 heterocycles. The van der Waals surface area contributed by atoms with Gasteiger partial charge in [-0.1, -0.05) is 6.07 Å². The van der Waals surface area contributed by atoms with Crippen LogP contribution in [0.1, 0.15) is 29.9 Å². The number of aryl methyl sites for hydroxylation is 1. The van der Waals surface area contributed by atoms with Crippen molar-refractivity contribution in [3.05, 3.63) is 29.3 Å². The summed E-state index contributed by atoms with van der Waals surface area (Å²) in [5.74, 6) is 1.63. The highest BCUT2D eigenvalue weighted by atomic mass is 16.5. The van der Waals surface area contributed by atoms with E-state index in [1.807, 2.05) is 6.07 Å². The second-order valence-corrected chi connectivity index (χ2v) is 4.27. The number of nitrogens with one attached hydrogen (secondary N) is 1. The largest absolute Gasteiger partial charge is 0.497 e. The zero-order valence-electron chi connectivity index (χ0n) is 9.55. The van der Waals surface area contributed by atoms with E-state index in [0.717, 1.165) is 12.3 Å². The summed E-state index contributed by atoms with van der Waals surface area (Å²) in [5.41, 5.74) is 2.83. The quantitative estimate of drug-likeness (QED) is 0.801. The van der Waals surface area contributed by atoms with E-state index in [-0.39, 0.29) is 0 Å². The fraction of sp³-hybridized carbons (Fsp3) is 0.538. The van der Waals surface area contributed by atoms with E-state index in [1.54, 1.807) is 7.11 Å². The van der Waals surface area contributed by atoms with Gasteiger partial charge in [-0.25, -0.2) is 0 Å². The molecule has 0 amide bonds. The Kier molecular flexibility index (Phi) is 3.27. The maximum Gasteiger partial charge on any atom is 0.119 e. The standard InChI is InChI=1S/C13H19NO/c1-10-5-6-12(15-2)8-13(10)11-4-3-7-14-9-11/h5-6,8,11,14H,3-4,7,9H2,1-2H3. The maximum absolute atomic E-state index is 5.28. The Morgan fingerprint density at radius 3 is 2.93 bits per heavy atom. The van der Waals surface area contributed by atoms with Crippen LogP contribution >= 0.6 is 0 Å². The van der Waals surface area contributed by atoms with Gasteiger partial charge in [0.2, 0.25) is 0 Å².